The lowest BCUT2D eigenvalue weighted by atomic mass is 10.2. The Bertz CT molecular complexity index is 1240. The van der Waals surface area contributed by atoms with Crippen molar-refractivity contribution in [1.82, 2.24) is 29.3 Å². The van der Waals surface area contributed by atoms with E-state index >= 15 is 0 Å². The van der Waals surface area contributed by atoms with E-state index in [9.17, 15) is 9.59 Å². The number of fused-ring (bicyclic) bond motifs is 1. The van der Waals surface area contributed by atoms with Gasteiger partial charge < -0.3 is 14.6 Å². The topological polar surface area (TPSA) is 122 Å². The summed E-state index contributed by atoms with van der Waals surface area (Å²) in [7, 11) is 3.93. The van der Waals surface area contributed by atoms with Crippen LogP contribution >= 0.6 is 0 Å². The smallest absolute Gasteiger partial charge is 0.338 e. The highest BCUT2D eigenvalue weighted by molar-refractivity contribution is 5.86. The van der Waals surface area contributed by atoms with E-state index in [0.717, 1.165) is 11.3 Å². The molecule has 3 aromatic heterocycles. The van der Waals surface area contributed by atoms with Crippen LogP contribution in [0.4, 0.5) is 5.69 Å². The number of anilines is 1. The summed E-state index contributed by atoms with van der Waals surface area (Å²) in [5.41, 5.74) is 2.26. The van der Waals surface area contributed by atoms with Crippen molar-refractivity contribution in [2.45, 2.75) is 6.54 Å². The number of aromatic amines is 1. The fraction of sp³-hybridized carbons (Fsp3) is 0.167. The van der Waals surface area contributed by atoms with Gasteiger partial charge in [0, 0.05) is 26.0 Å². The Morgan fingerprint density at radius 3 is 2.86 bits per heavy atom. The van der Waals surface area contributed by atoms with E-state index in [1.54, 1.807) is 10.9 Å². The number of nitrogens with one attached hydrogen (secondary N) is 1. The molecule has 2 N–H and O–H groups in total. The normalized spacial score (nSPS) is 11.1. The van der Waals surface area contributed by atoms with Crippen molar-refractivity contribution in [2.75, 3.05) is 19.0 Å². The molecule has 0 saturated heterocycles. The van der Waals surface area contributed by atoms with Crippen molar-refractivity contribution in [3.05, 3.63) is 64.5 Å². The molecule has 0 aliphatic heterocycles. The molecule has 142 valence electrons. The number of nitrogens with zero attached hydrogens (tertiary/aromatic N) is 6. The van der Waals surface area contributed by atoms with Gasteiger partial charge in [0.15, 0.2) is 11.2 Å². The molecule has 0 atom stereocenters. The maximum atomic E-state index is 12.4. The van der Waals surface area contributed by atoms with Gasteiger partial charge in [-0.2, -0.15) is 10.1 Å². The van der Waals surface area contributed by atoms with Crippen LogP contribution in [0.15, 0.2) is 47.8 Å². The van der Waals surface area contributed by atoms with Gasteiger partial charge in [0.05, 0.1) is 24.6 Å². The Morgan fingerprint density at radius 2 is 2.14 bits per heavy atom. The number of rotatable bonds is 5. The van der Waals surface area contributed by atoms with Crippen LogP contribution in [0.3, 0.4) is 0 Å². The second-order valence-corrected chi connectivity index (χ2v) is 6.48. The number of aromatic carboxylic acids is 1. The summed E-state index contributed by atoms with van der Waals surface area (Å²) < 4.78 is 2.98. The molecule has 0 aliphatic rings. The molecular formula is C18H17N7O3. The highest BCUT2D eigenvalue weighted by Gasteiger charge is 2.14. The van der Waals surface area contributed by atoms with Gasteiger partial charge in [0.1, 0.15) is 0 Å². The van der Waals surface area contributed by atoms with Gasteiger partial charge in [-0.25, -0.2) is 14.5 Å². The average molecular weight is 379 g/mol. The zero-order valence-electron chi connectivity index (χ0n) is 15.2. The van der Waals surface area contributed by atoms with E-state index in [4.69, 9.17) is 5.11 Å². The number of carboxylic acids is 1. The lowest BCUT2D eigenvalue weighted by Crippen LogP contribution is -2.15. The second-order valence-electron chi connectivity index (χ2n) is 6.48. The van der Waals surface area contributed by atoms with Crippen molar-refractivity contribution >= 4 is 22.8 Å². The Balaban J connectivity index is 1.76. The average Bonchev–Trinajstić information content (AvgIpc) is 3.30. The second kappa shape index (κ2) is 6.65. The molecule has 10 nitrogen and oxygen atoms in total. The fourth-order valence-electron chi connectivity index (χ4n) is 2.85. The van der Waals surface area contributed by atoms with Crippen LogP contribution in [-0.2, 0) is 6.54 Å². The SMILES string of the molecule is CN(C)c1cccc(Cn2cnc3c(=O)[nH]c(-n4cc(C(=O)O)cn4)nc32)c1. The highest BCUT2D eigenvalue weighted by atomic mass is 16.4. The third-order valence-corrected chi connectivity index (χ3v) is 4.29. The monoisotopic (exact) mass is 379 g/mol. The number of hydrogen-bond acceptors (Lipinski definition) is 6. The van der Waals surface area contributed by atoms with E-state index in [0.29, 0.717) is 12.2 Å². The minimum atomic E-state index is -1.11. The van der Waals surface area contributed by atoms with Crippen molar-refractivity contribution in [1.29, 1.82) is 0 Å². The molecule has 1 aromatic carbocycles. The van der Waals surface area contributed by atoms with E-state index in [1.807, 2.05) is 43.3 Å². The summed E-state index contributed by atoms with van der Waals surface area (Å²) in [4.78, 5) is 36.6. The maximum Gasteiger partial charge on any atom is 0.338 e. The summed E-state index contributed by atoms with van der Waals surface area (Å²) in [6, 6.07) is 8.01. The molecule has 0 saturated carbocycles. The van der Waals surface area contributed by atoms with Crippen LogP contribution in [0.1, 0.15) is 15.9 Å². The predicted molar refractivity (Wildman–Crippen MR) is 102 cm³/mol. The maximum absolute atomic E-state index is 12.4. The fourth-order valence-corrected chi connectivity index (χ4v) is 2.85. The molecule has 28 heavy (non-hydrogen) atoms. The largest absolute Gasteiger partial charge is 0.478 e. The Kier molecular flexibility index (Phi) is 4.15. The number of imidazole rings is 1. The molecule has 4 aromatic rings. The van der Waals surface area contributed by atoms with Gasteiger partial charge in [-0.1, -0.05) is 12.1 Å². The Labute approximate surface area is 158 Å². The van der Waals surface area contributed by atoms with E-state index in [1.165, 1.54) is 17.1 Å². The van der Waals surface area contributed by atoms with Crippen LogP contribution < -0.4 is 10.5 Å². The molecule has 0 aliphatic carbocycles. The van der Waals surface area contributed by atoms with Crippen LogP contribution in [0.25, 0.3) is 17.1 Å². The standard InChI is InChI=1S/C18H17N7O3/c1-23(2)13-5-3-4-11(6-13)8-24-10-19-14-15(24)21-18(22-16(14)26)25-9-12(7-20-25)17(27)28/h3-7,9-10H,8H2,1-2H3,(H,27,28)(H,21,22,26). The molecule has 10 heteroatoms. The quantitative estimate of drug-likeness (QED) is 0.533. The van der Waals surface area contributed by atoms with Crippen molar-refractivity contribution in [3.8, 4) is 5.95 Å². The van der Waals surface area contributed by atoms with Crippen molar-refractivity contribution in [3.63, 3.8) is 0 Å². The first-order valence-corrected chi connectivity index (χ1v) is 8.42. The van der Waals surface area contributed by atoms with Gasteiger partial charge >= 0.3 is 5.97 Å². The molecular weight excluding hydrogens is 362 g/mol. The third kappa shape index (κ3) is 3.11. The molecule has 0 amide bonds. The minimum Gasteiger partial charge on any atom is -0.478 e. The summed E-state index contributed by atoms with van der Waals surface area (Å²) in [6.07, 6.45) is 4.04. The molecule has 3 heterocycles. The van der Waals surface area contributed by atoms with E-state index in [2.05, 4.69) is 20.1 Å². The number of benzene rings is 1. The molecule has 0 unspecified atom stereocenters. The van der Waals surface area contributed by atoms with Crippen LogP contribution in [0, 0.1) is 0 Å². The lowest BCUT2D eigenvalue weighted by Gasteiger charge is -2.14. The summed E-state index contributed by atoms with van der Waals surface area (Å²) in [6.45, 7) is 0.480. The summed E-state index contributed by atoms with van der Waals surface area (Å²) in [5, 5.41) is 13.0. The minimum absolute atomic E-state index is 0.00301. The van der Waals surface area contributed by atoms with Gasteiger partial charge in [-0.3, -0.25) is 9.78 Å². The molecule has 0 spiro atoms. The van der Waals surface area contributed by atoms with E-state index in [-0.39, 0.29) is 17.0 Å². The number of carbonyl (C=O) groups is 1. The van der Waals surface area contributed by atoms with Crippen molar-refractivity contribution in [2.24, 2.45) is 0 Å². The van der Waals surface area contributed by atoms with Crippen LogP contribution in [-0.4, -0.2) is 54.5 Å². The van der Waals surface area contributed by atoms with Gasteiger partial charge in [-0.15, -0.1) is 0 Å². The first-order chi connectivity index (χ1) is 13.4. The summed E-state index contributed by atoms with van der Waals surface area (Å²) in [5.74, 6) is -0.991. The Morgan fingerprint density at radius 1 is 1.32 bits per heavy atom. The molecule has 4 rings (SSSR count). The molecule has 0 radical (unpaired) electrons. The van der Waals surface area contributed by atoms with Gasteiger partial charge in [0.2, 0.25) is 5.95 Å². The highest BCUT2D eigenvalue weighted by Crippen LogP contribution is 2.16. The van der Waals surface area contributed by atoms with E-state index < -0.39 is 11.5 Å². The summed E-state index contributed by atoms with van der Waals surface area (Å²) >= 11 is 0. The third-order valence-electron chi connectivity index (χ3n) is 4.29. The van der Waals surface area contributed by atoms with Gasteiger partial charge in [-0.05, 0) is 17.7 Å². The number of hydrogen-bond donors (Lipinski definition) is 2. The predicted octanol–water partition coefficient (Wildman–Crippen LogP) is 1.12. The van der Waals surface area contributed by atoms with Crippen LogP contribution in [0.2, 0.25) is 0 Å². The number of H-pyrrole nitrogens is 1. The zero-order valence-corrected chi connectivity index (χ0v) is 15.2. The first kappa shape index (κ1) is 17.5. The van der Waals surface area contributed by atoms with Crippen LogP contribution in [0.5, 0.6) is 0 Å². The number of aromatic nitrogens is 6. The molecule has 0 fully saturated rings. The zero-order chi connectivity index (χ0) is 19.8. The molecule has 0 bridgehead atoms. The van der Waals surface area contributed by atoms with Gasteiger partial charge in [0.25, 0.3) is 5.56 Å². The number of carboxylic acid groups (broad SMARTS) is 1. The first-order valence-electron chi connectivity index (χ1n) is 8.42. The lowest BCUT2D eigenvalue weighted by molar-refractivity contribution is 0.0697. The van der Waals surface area contributed by atoms with Crippen molar-refractivity contribution < 1.29 is 9.90 Å². The Hall–Kier alpha value is -3.95.